The normalized spacial score (nSPS) is 13.5. The number of carbonyl (C=O) groups is 2. The maximum Gasteiger partial charge on any atom is 0.242 e. The second kappa shape index (κ2) is 6.11. The summed E-state index contributed by atoms with van der Waals surface area (Å²) in [6.07, 6.45) is 0.831. The van der Waals surface area contributed by atoms with Crippen LogP contribution in [0.2, 0.25) is 0 Å². The number of aryl methyl sites for hydroxylation is 1. The Labute approximate surface area is 142 Å². The summed E-state index contributed by atoms with van der Waals surface area (Å²) >= 11 is 0. The third kappa shape index (κ3) is 2.92. The minimum Gasteiger partial charge on any atom is -0.325 e. The van der Waals surface area contributed by atoms with Crippen LogP contribution in [0.4, 0.5) is 11.4 Å². The number of nitrogens with zero attached hydrogens (tertiary/aromatic N) is 1. The van der Waals surface area contributed by atoms with E-state index in [9.17, 15) is 9.59 Å². The van der Waals surface area contributed by atoms with Crippen LogP contribution in [0.5, 0.6) is 0 Å². The lowest BCUT2D eigenvalue weighted by atomic mass is 9.90. The first-order valence-electron chi connectivity index (χ1n) is 8.17. The second-order valence-corrected chi connectivity index (χ2v) is 6.78. The molecule has 0 radical (unpaired) electrons. The molecular formula is C20H22N2O2. The first-order valence-corrected chi connectivity index (χ1v) is 8.17. The molecule has 1 N–H and O–H groups in total. The highest BCUT2D eigenvalue weighted by molar-refractivity contribution is 6.15. The van der Waals surface area contributed by atoms with Gasteiger partial charge in [0.25, 0.3) is 0 Å². The Morgan fingerprint density at radius 3 is 2.42 bits per heavy atom. The van der Waals surface area contributed by atoms with Crippen molar-refractivity contribution in [2.24, 2.45) is 5.41 Å². The standard InChI is InChI=1S/C20H22N2O2/c1-14-8-10-16(11-9-14)21-18(23)20(2,3)19(24)22-13-12-15-6-4-5-7-17(15)22/h4-11H,12-13H2,1-3H3,(H,21,23). The summed E-state index contributed by atoms with van der Waals surface area (Å²) in [5.74, 6) is -0.460. The van der Waals surface area contributed by atoms with Crippen molar-refractivity contribution in [2.75, 3.05) is 16.8 Å². The minimum absolute atomic E-state index is 0.169. The third-order valence-corrected chi connectivity index (χ3v) is 4.54. The fourth-order valence-electron chi connectivity index (χ4n) is 2.91. The summed E-state index contributed by atoms with van der Waals surface area (Å²) in [6, 6.07) is 15.4. The molecule has 2 amide bonds. The average molecular weight is 322 g/mol. The second-order valence-electron chi connectivity index (χ2n) is 6.78. The Kier molecular flexibility index (Phi) is 4.14. The number of hydrogen-bond acceptors (Lipinski definition) is 2. The van der Waals surface area contributed by atoms with E-state index in [0.717, 1.165) is 23.2 Å². The highest BCUT2D eigenvalue weighted by atomic mass is 16.2. The Bertz CT molecular complexity index is 778. The van der Waals surface area contributed by atoms with Crippen molar-refractivity contribution < 1.29 is 9.59 Å². The van der Waals surface area contributed by atoms with Gasteiger partial charge in [0.05, 0.1) is 0 Å². The number of benzene rings is 2. The van der Waals surface area contributed by atoms with Gasteiger partial charge < -0.3 is 10.2 Å². The monoisotopic (exact) mass is 322 g/mol. The fourth-order valence-corrected chi connectivity index (χ4v) is 2.91. The van der Waals surface area contributed by atoms with Crippen molar-refractivity contribution in [2.45, 2.75) is 27.2 Å². The molecule has 24 heavy (non-hydrogen) atoms. The van der Waals surface area contributed by atoms with Gasteiger partial charge in [-0.3, -0.25) is 9.59 Å². The molecule has 2 aromatic carbocycles. The lowest BCUT2D eigenvalue weighted by Crippen LogP contribution is -2.47. The Hall–Kier alpha value is -2.62. The van der Waals surface area contributed by atoms with Gasteiger partial charge in [-0.05, 0) is 51.0 Å². The number of hydrogen-bond donors (Lipinski definition) is 1. The van der Waals surface area contributed by atoms with Gasteiger partial charge in [0.2, 0.25) is 11.8 Å². The van der Waals surface area contributed by atoms with E-state index in [1.54, 1.807) is 18.7 Å². The zero-order valence-corrected chi connectivity index (χ0v) is 14.3. The van der Waals surface area contributed by atoms with Crippen LogP contribution in [-0.4, -0.2) is 18.4 Å². The molecule has 0 aliphatic carbocycles. The van der Waals surface area contributed by atoms with E-state index in [1.807, 2.05) is 55.5 Å². The average Bonchev–Trinajstić information content (AvgIpc) is 3.00. The maximum atomic E-state index is 13.0. The molecule has 1 aliphatic rings. The zero-order valence-electron chi connectivity index (χ0n) is 14.3. The topological polar surface area (TPSA) is 49.4 Å². The van der Waals surface area contributed by atoms with Gasteiger partial charge >= 0.3 is 0 Å². The summed E-state index contributed by atoms with van der Waals surface area (Å²) in [5, 5.41) is 2.85. The number of anilines is 2. The largest absolute Gasteiger partial charge is 0.325 e. The van der Waals surface area contributed by atoms with Gasteiger partial charge in [0, 0.05) is 17.9 Å². The molecule has 0 saturated carbocycles. The van der Waals surface area contributed by atoms with Crippen LogP contribution >= 0.6 is 0 Å². The van der Waals surface area contributed by atoms with Crippen LogP contribution in [0, 0.1) is 12.3 Å². The molecule has 0 atom stereocenters. The molecule has 124 valence electrons. The molecule has 0 aromatic heterocycles. The summed E-state index contributed by atoms with van der Waals surface area (Å²) in [4.78, 5) is 27.4. The highest BCUT2D eigenvalue weighted by Gasteiger charge is 2.41. The number of amides is 2. The van der Waals surface area contributed by atoms with Crippen molar-refractivity contribution in [3.8, 4) is 0 Å². The molecule has 2 aromatic rings. The molecular weight excluding hydrogens is 300 g/mol. The molecule has 0 saturated heterocycles. The van der Waals surface area contributed by atoms with Crippen molar-refractivity contribution in [3.05, 3.63) is 59.7 Å². The van der Waals surface area contributed by atoms with Crippen molar-refractivity contribution in [1.29, 1.82) is 0 Å². The van der Waals surface area contributed by atoms with E-state index in [2.05, 4.69) is 5.32 Å². The smallest absolute Gasteiger partial charge is 0.242 e. The van der Waals surface area contributed by atoms with E-state index in [0.29, 0.717) is 12.2 Å². The Morgan fingerprint density at radius 1 is 1.04 bits per heavy atom. The molecule has 4 heteroatoms. The summed E-state index contributed by atoms with van der Waals surface area (Å²) < 4.78 is 0. The van der Waals surface area contributed by atoms with Gasteiger partial charge in [-0.1, -0.05) is 35.9 Å². The van der Waals surface area contributed by atoms with Crippen LogP contribution in [0.25, 0.3) is 0 Å². The number of fused-ring (bicyclic) bond motifs is 1. The van der Waals surface area contributed by atoms with Crippen LogP contribution in [0.15, 0.2) is 48.5 Å². The summed E-state index contributed by atoms with van der Waals surface area (Å²) in [7, 11) is 0. The van der Waals surface area contributed by atoms with Gasteiger partial charge in [0.1, 0.15) is 5.41 Å². The number of rotatable bonds is 3. The Morgan fingerprint density at radius 2 is 1.71 bits per heavy atom. The summed E-state index contributed by atoms with van der Waals surface area (Å²) in [6.45, 7) is 5.98. The van der Waals surface area contributed by atoms with Crippen LogP contribution in [0.3, 0.4) is 0 Å². The van der Waals surface area contributed by atoms with E-state index in [1.165, 1.54) is 0 Å². The number of carbonyl (C=O) groups excluding carboxylic acids is 2. The van der Waals surface area contributed by atoms with E-state index < -0.39 is 5.41 Å². The van der Waals surface area contributed by atoms with Crippen molar-refractivity contribution >= 4 is 23.2 Å². The molecule has 0 spiro atoms. The fraction of sp³-hybridized carbons (Fsp3) is 0.300. The first kappa shape index (κ1) is 16.2. The molecule has 0 bridgehead atoms. The summed E-state index contributed by atoms with van der Waals surface area (Å²) in [5.41, 5.74) is 2.76. The van der Waals surface area contributed by atoms with Gasteiger partial charge in [-0.2, -0.15) is 0 Å². The molecule has 4 nitrogen and oxygen atoms in total. The van der Waals surface area contributed by atoms with Gasteiger partial charge in [0.15, 0.2) is 0 Å². The molecule has 3 rings (SSSR count). The van der Waals surface area contributed by atoms with Gasteiger partial charge in [-0.25, -0.2) is 0 Å². The van der Waals surface area contributed by atoms with Crippen LogP contribution in [0.1, 0.15) is 25.0 Å². The quantitative estimate of drug-likeness (QED) is 0.879. The molecule has 1 aliphatic heterocycles. The minimum atomic E-state index is -1.14. The molecule has 1 heterocycles. The van der Waals surface area contributed by atoms with Crippen molar-refractivity contribution in [1.82, 2.24) is 0 Å². The highest BCUT2D eigenvalue weighted by Crippen LogP contribution is 2.32. The van der Waals surface area contributed by atoms with Gasteiger partial charge in [-0.15, -0.1) is 0 Å². The number of nitrogens with one attached hydrogen (secondary N) is 1. The number of para-hydroxylation sites is 1. The zero-order chi connectivity index (χ0) is 17.3. The van der Waals surface area contributed by atoms with Crippen molar-refractivity contribution in [3.63, 3.8) is 0 Å². The lowest BCUT2D eigenvalue weighted by molar-refractivity contribution is -0.136. The first-order chi connectivity index (χ1) is 11.4. The van der Waals surface area contributed by atoms with E-state index in [-0.39, 0.29) is 11.8 Å². The van der Waals surface area contributed by atoms with E-state index in [4.69, 9.17) is 0 Å². The predicted molar refractivity (Wildman–Crippen MR) is 96.1 cm³/mol. The third-order valence-electron chi connectivity index (χ3n) is 4.54. The van der Waals surface area contributed by atoms with Crippen LogP contribution < -0.4 is 10.2 Å². The molecule has 0 unspecified atom stereocenters. The SMILES string of the molecule is Cc1ccc(NC(=O)C(C)(C)C(=O)N2CCc3ccccc32)cc1. The maximum absolute atomic E-state index is 13.0. The molecule has 0 fully saturated rings. The predicted octanol–water partition coefficient (Wildman–Crippen LogP) is 3.55. The Balaban J connectivity index is 1.78. The van der Waals surface area contributed by atoms with Crippen LogP contribution in [-0.2, 0) is 16.0 Å². The van der Waals surface area contributed by atoms with E-state index >= 15 is 0 Å². The lowest BCUT2D eigenvalue weighted by Gasteiger charge is -2.28.